The second-order valence-electron chi connectivity index (χ2n) is 6.62. The van der Waals surface area contributed by atoms with Gasteiger partial charge in [0.2, 0.25) is 10.0 Å². The van der Waals surface area contributed by atoms with Crippen molar-refractivity contribution in [3.63, 3.8) is 0 Å². The Balaban J connectivity index is 2.87. The van der Waals surface area contributed by atoms with Gasteiger partial charge in [0.05, 0.1) is 0 Å². The fraction of sp³-hybridized carbons (Fsp3) is 0.647. The van der Waals surface area contributed by atoms with Crippen LogP contribution in [0.25, 0.3) is 0 Å². The number of sulfonamides is 1. The molecular formula is C17H29N3O5S. The predicted molar refractivity (Wildman–Crippen MR) is 98.3 cm³/mol. The van der Waals surface area contributed by atoms with Gasteiger partial charge in [-0.3, -0.25) is 4.79 Å². The zero-order valence-corrected chi connectivity index (χ0v) is 17.1. The molecule has 1 aromatic rings. The van der Waals surface area contributed by atoms with Gasteiger partial charge in [-0.2, -0.15) is 4.31 Å². The summed E-state index contributed by atoms with van der Waals surface area (Å²) in [7, 11) is -2.12. The fourth-order valence-electron chi connectivity index (χ4n) is 2.30. The number of carbonyl (C=O) groups is 2. The third-order valence-electron chi connectivity index (χ3n) is 4.23. The number of ether oxygens (including phenoxy) is 1. The van der Waals surface area contributed by atoms with Gasteiger partial charge in [-0.25, -0.2) is 13.2 Å². The number of carbonyl (C=O) groups excluding carboxylic acids is 2. The van der Waals surface area contributed by atoms with Gasteiger partial charge in [-0.05, 0) is 26.3 Å². The number of esters is 1. The summed E-state index contributed by atoms with van der Waals surface area (Å²) in [6.45, 7) is 9.41. The summed E-state index contributed by atoms with van der Waals surface area (Å²) in [5.41, 5.74) is -0.322. The van der Waals surface area contributed by atoms with Crippen LogP contribution in [-0.4, -0.2) is 54.4 Å². The molecule has 0 spiro atoms. The lowest BCUT2D eigenvalue weighted by Gasteiger charge is -2.24. The van der Waals surface area contributed by atoms with E-state index in [-0.39, 0.29) is 16.1 Å². The van der Waals surface area contributed by atoms with Crippen LogP contribution in [0.4, 0.5) is 0 Å². The maximum absolute atomic E-state index is 12.5. The van der Waals surface area contributed by atoms with Crippen LogP contribution in [0.15, 0.2) is 17.2 Å². The van der Waals surface area contributed by atoms with Crippen LogP contribution < -0.4 is 5.32 Å². The number of nitrogens with one attached hydrogen (secondary N) is 1. The van der Waals surface area contributed by atoms with Crippen LogP contribution in [0.3, 0.4) is 0 Å². The molecule has 8 nitrogen and oxygen atoms in total. The van der Waals surface area contributed by atoms with Crippen molar-refractivity contribution < 1.29 is 22.7 Å². The highest BCUT2D eigenvalue weighted by molar-refractivity contribution is 7.89. The molecule has 1 N–H and O–H groups in total. The van der Waals surface area contributed by atoms with Crippen LogP contribution in [0.5, 0.6) is 0 Å². The maximum Gasteiger partial charge on any atom is 0.355 e. The van der Waals surface area contributed by atoms with E-state index in [0.29, 0.717) is 13.1 Å². The van der Waals surface area contributed by atoms with E-state index in [4.69, 9.17) is 4.74 Å². The molecule has 0 aliphatic carbocycles. The van der Waals surface area contributed by atoms with Crippen molar-refractivity contribution in [1.82, 2.24) is 14.2 Å². The fourth-order valence-corrected chi connectivity index (χ4v) is 3.83. The number of hydrogen-bond donors (Lipinski definition) is 1. The Morgan fingerprint density at radius 2 is 1.81 bits per heavy atom. The second kappa shape index (κ2) is 8.68. The Kier molecular flexibility index (Phi) is 7.40. The lowest BCUT2D eigenvalue weighted by molar-refractivity contribution is -0.125. The molecule has 0 fully saturated rings. The first-order valence-corrected chi connectivity index (χ1v) is 10.1. The summed E-state index contributed by atoms with van der Waals surface area (Å²) >= 11 is 0. The van der Waals surface area contributed by atoms with Crippen molar-refractivity contribution in [2.24, 2.45) is 7.05 Å². The van der Waals surface area contributed by atoms with Gasteiger partial charge in [0, 0.05) is 31.9 Å². The molecule has 0 saturated carbocycles. The summed E-state index contributed by atoms with van der Waals surface area (Å²) in [6, 6.07) is 1.27. The molecule has 1 rings (SSSR count). The molecule has 0 atom stereocenters. The summed E-state index contributed by atoms with van der Waals surface area (Å²) in [5, 5.41) is 2.76. The first-order valence-electron chi connectivity index (χ1n) is 8.63. The van der Waals surface area contributed by atoms with Gasteiger partial charge < -0.3 is 14.6 Å². The van der Waals surface area contributed by atoms with Gasteiger partial charge in [0.15, 0.2) is 6.61 Å². The highest BCUT2D eigenvalue weighted by atomic mass is 32.2. The average molecular weight is 388 g/mol. The molecule has 1 heterocycles. The molecule has 0 radical (unpaired) electrons. The third-order valence-corrected chi connectivity index (χ3v) is 6.24. The Hall–Kier alpha value is -1.87. The van der Waals surface area contributed by atoms with Crippen molar-refractivity contribution in [2.75, 3.05) is 19.7 Å². The molecule has 1 aromatic heterocycles. The predicted octanol–water partition coefficient (Wildman–Crippen LogP) is 1.52. The Morgan fingerprint density at radius 1 is 1.23 bits per heavy atom. The Morgan fingerprint density at radius 3 is 2.31 bits per heavy atom. The molecule has 9 heteroatoms. The van der Waals surface area contributed by atoms with E-state index in [2.05, 4.69) is 5.32 Å². The van der Waals surface area contributed by atoms with E-state index in [1.54, 1.807) is 20.9 Å². The third kappa shape index (κ3) is 5.31. The van der Waals surface area contributed by atoms with Crippen molar-refractivity contribution in [3.8, 4) is 0 Å². The van der Waals surface area contributed by atoms with Crippen LogP contribution in [0, 0.1) is 0 Å². The largest absolute Gasteiger partial charge is 0.451 e. The lowest BCUT2D eigenvalue weighted by atomic mass is 10.0. The van der Waals surface area contributed by atoms with E-state index >= 15 is 0 Å². The number of hydrogen-bond acceptors (Lipinski definition) is 5. The highest BCUT2D eigenvalue weighted by Crippen LogP contribution is 2.19. The molecule has 1 amide bonds. The topological polar surface area (TPSA) is 97.7 Å². The molecule has 26 heavy (non-hydrogen) atoms. The van der Waals surface area contributed by atoms with Crippen molar-refractivity contribution in [1.29, 1.82) is 0 Å². The van der Waals surface area contributed by atoms with Crippen LogP contribution in [0.1, 0.15) is 51.5 Å². The summed E-state index contributed by atoms with van der Waals surface area (Å²) in [5.74, 6) is -1.16. The number of nitrogens with zero attached hydrogens (tertiary/aromatic N) is 2. The molecule has 0 aliphatic heterocycles. The monoisotopic (exact) mass is 387 g/mol. The highest BCUT2D eigenvalue weighted by Gasteiger charge is 2.26. The average Bonchev–Trinajstić information content (AvgIpc) is 2.96. The van der Waals surface area contributed by atoms with E-state index in [9.17, 15) is 18.0 Å². The number of aryl methyl sites for hydroxylation is 1. The number of rotatable bonds is 9. The van der Waals surface area contributed by atoms with Gasteiger partial charge in [0.1, 0.15) is 10.6 Å². The molecule has 0 aliphatic rings. The first kappa shape index (κ1) is 22.2. The van der Waals surface area contributed by atoms with Crippen molar-refractivity contribution in [2.45, 2.75) is 51.5 Å². The first-order chi connectivity index (χ1) is 12.0. The van der Waals surface area contributed by atoms with Crippen LogP contribution in [-0.2, 0) is 26.6 Å². The molecule has 0 bridgehead atoms. The summed E-state index contributed by atoms with van der Waals surface area (Å²) in [4.78, 5) is 24.1. The summed E-state index contributed by atoms with van der Waals surface area (Å²) < 4.78 is 32.8. The molecule has 0 unspecified atom stereocenters. The summed E-state index contributed by atoms with van der Waals surface area (Å²) in [6.07, 6.45) is 2.10. The number of aromatic nitrogens is 1. The minimum atomic E-state index is -3.67. The zero-order chi connectivity index (χ0) is 20.1. The van der Waals surface area contributed by atoms with E-state index in [1.807, 2.05) is 20.8 Å². The van der Waals surface area contributed by atoms with Crippen LogP contribution >= 0.6 is 0 Å². The minimum Gasteiger partial charge on any atom is -0.451 e. The maximum atomic E-state index is 12.5. The normalized spacial score (nSPS) is 12.3. The van der Waals surface area contributed by atoms with E-state index in [0.717, 1.165) is 6.42 Å². The smallest absolute Gasteiger partial charge is 0.355 e. The molecule has 0 aromatic carbocycles. The standard InChI is InChI=1S/C17H29N3O5S/c1-7-17(4,5)18-15(21)12-25-16(22)14-10-13(11-19(14)6)26(23,24)20(8-2)9-3/h10-11H,7-9,12H2,1-6H3,(H,18,21). The van der Waals surface area contributed by atoms with Gasteiger partial charge in [-0.15, -0.1) is 0 Å². The van der Waals surface area contributed by atoms with Crippen molar-refractivity contribution >= 4 is 21.9 Å². The zero-order valence-electron chi connectivity index (χ0n) is 16.3. The quantitative estimate of drug-likeness (QED) is 0.648. The van der Waals surface area contributed by atoms with E-state index < -0.39 is 28.5 Å². The minimum absolute atomic E-state index is 0.0206. The SMILES string of the molecule is CCN(CC)S(=O)(=O)c1cc(C(=O)OCC(=O)NC(C)(C)CC)n(C)c1. The Bertz CT molecular complexity index is 748. The molecule has 0 saturated heterocycles. The van der Waals surface area contributed by atoms with E-state index in [1.165, 1.54) is 21.1 Å². The van der Waals surface area contributed by atoms with Crippen molar-refractivity contribution in [3.05, 3.63) is 18.0 Å². The van der Waals surface area contributed by atoms with Gasteiger partial charge >= 0.3 is 5.97 Å². The molecular weight excluding hydrogens is 358 g/mol. The van der Waals surface area contributed by atoms with Gasteiger partial charge in [0.25, 0.3) is 5.91 Å². The lowest BCUT2D eigenvalue weighted by Crippen LogP contribution is -2.44. The number of amides is 1. The second-order valence-corrected chi connectivity index (χ2v) is 8.56. The molecule has 148 valence electrons. The Labute approximate surface area is 155 Å². The van der Waals surface area contributed by atoms with Gasteiger partial charge in [-0.1, -0.05) is 20.8 Å². The van der Waals surface area contributed by atoms with Crippen LogP contribution in [0.2, 0.25) is 0 Å².